The largest absolute Gasteiger partial charge is 0.378 e. The van der Waals surface area contributed by atoms with Gasteiger partial charge in [-0.05, 0) is 19.2 Å². The Morgan fingerprint density at radius 2 is 1.94 bits per heavy atom. The molecule has 0 amide bonds. The first-order valence-electron chi connectivity index (χ1n) is 4.52. The van der Waals surface area contributed by atoms with Gasteiger partial charge < -0.3 is 5.32 Å². The van der Waals surface area contributed by atoms with Gasteiger partial charge in [0.2, 0.25) is 10.0 Å². The summed E-state index contributed by atoms with van der Waals surface area (Å²) in [7, 11) is -2.37. The fourth-order valence-corrected chi connectivity index (χ4v) is 2.05. The number of alkyl halides is 2. The second-order valence-corrected chi connectivity index (χ2v) is 4.83. The zero-order chi connectivity index (χ0) is 12.2. The summed E-state index contributed by atoms with van der Waals surface area (Å²) in [5.74, 6) is 0. The molecule has 0 heterocycles. The highest BCUT2D eigenvalue weighted by molar-refractivity contribution is 7.89. The molecule has 4 nitrogen and oxygen atoms in total. The van der Waals surface area contributed by atoms with Gasteiger partial charge in [-0.15, -0.1) is 0 Å². The zero-order valence-electron chi connectivity index (χ0n) is 8.57. The van der Waals surface area contributed by atoms with E-state index in [2.05, 4.69) is 10.0 Å². The lowest BCUT2D eigenvalue weighted by atomic mass is 10.3. The smallest absolute Gasteiger partial charge is 0.255 e. The number of anilines is 1. The van der Waals surface area contributed by atoms with Crippen molar-refractivity contribution in [3.8, 4) is 0 Å². The van der Waals surface area contributed by atoms with Crippen LogP contribution < -0.4 is 10.0 Å². The van der Waals surface area contributed by atoms with Crippen molar-refractivity contribution in [1.29, 1.82) is 0 Å². The second-order valence-electron chi connectivity index (χ2n) is 2.98. The molecular weight excluding hydrogens is 238 g/mol. The predicted molar refractivity (Wildman–Crippen MR) is 57.2 cm³/mol. The Morgan fingerprint density at radius 3 is 2.50 bits per heavy atom. The highest BCUT2D eigenvalue weighted by Crippen LogP contribution is 2.20. The third kappa shape index (κ3) is 3.14. The van der Waals surface area contributed by atoms with Gasteiger partial charge >= 0.3 is 0 Å². The third-order valence-corrected chi connectivity index (χ3v) is 3.36. The Morgan fingerprint density at radius 1 is 1.31 bits per heavy atom. The molecule has 7 heteroatoms. The summed E-state index contributed by atoms with van der Waals surface area (Å²) < 4.78 is 49.2. The van der Waals surface area contributed by atoms with Gasteiger partial charge in [0.25, 0.3) is 6.43 Å². The van der Waals surface area contributed by atoms with Crippen LogP contribution in [0.1, 0.15) is 0 Å². The van der Waals surface area contributed by atoms with Crippen LogP contribution in [0.4, 0.5) is 14.5 Å². The average molecular weight is 250 g/mol. The maximum absolute atomic E-state index is 12.0. The monoisotopic (exact) mass is 250 g/mol. The van der Waals surface area contributed by atoms with E-state index in [1.807, 2.05) is 0 Å². The molecule has 0 saturated carbocycles. The molecular formula is C9H12F2N2O2S. The summed E-state index contributed by atoms with van der Waals surface area (Å²) in [6, 6.07) is 5.88. The van der Waals surface area contributed by atoms with E-state index in [9.17, 15) is 17.2 Å². The zero-order valence-corrected chi connectivity index (χ0v) is 9.39. The van der Waals surface area contributed by atoms with Crippen LogP contribution in [0.3, 0.4) is 0 Å². The first-order chi connectivity index (χ1) is 7.47. The molecule has 1 aromatic rings. The van der Waals surface area contributed by atoms with Crippen molar-refractivity contribution in [2.75, 3.05) is 18.9 Å². The quantitative estimate of drug-likeness (QED) is 0.827. The molecule has 0 aliphatic rings. The first-order valence-corrected chi connectivity index (χ1v) is 6.00. The molecule has 1 rings (SSSR count). The summed E-state index contributed by atoms with van der Waals surface area (Å²) in [6.45, 7) is -0.587. The second kappa shape index (κ2) is 5.22. The molecule has 0 spiro atoms. The SMILES string of the molecule is CNS(=O)(=O)c1ccccc1NCC(F)F. The van der Waals surface area contributed by atoms with Crippen molar-refractivity contribution < 1.29 is 17.2 Å². The lowest BCUT2D eigenvalue weighted by Crippen LogP contribution is -2.21. The van der Waals surface area contributed by atoms with Crippen molar-refractivity contribution in [2.24, 2.45) is 0 Å². The maximum Gasteiger partial charge on any atom is 0.255 e. The molecule has 1 aromatic carbocycles. The Hall–Kier alpha value is -1.21. The fourth-order valence-electron chi connectivity index (χ4n) is 1.14. The molecule has 0 radical (unpaired) electrons. The average Bonchev–Trinajstić information content (AvgIpc) is 2.26. The Kier molecular flexibility index (Phi) is 4.19. The molecule has 0 bridgehead atoms. The van der Waals surface area contributed by atoms with Crippen LogP contribution in [0.15, 0.2) is 29.2 Å². The van der Waals surface area contributed by atoms with Crippen LogP contribution in [0.5, 0.6) is 0 Å². The van der Waals surface area contributed by atoms with Crippen LogP contribution >= 0.6 is 0 Å². The predicted octanol–water partition coefficient (Wildman–Crippen LogP) is 1.27. The normalized spacial score (nSPS) is 11.8. The molecule has 0 aliphatic heterocycles. The summed E-state index contributed by atoms with van der Waals surface area (Å²) in [6.07, 6.45) is -2.54. The van der Waals surface area contributed by atoms with Crippen molar-refractivity contribution in [2.45, 2.75) is 11.3 Å². The summed E-state index contributed by atoms with van der Waals surface area (Å²) in [5.41, 5.74) is 0.164. The van der Waals surface area contributed by atoms with Crippen LogP contribution in [0.25, 0.3) is 0 Å². The van der Waals surface area contributed by atoms with Gasteiger partial charge in [-0.1, -0.05) is 12.1 Å². The van der Waals surface area contributed by atoms with Crippen LogP contribution in [-0.2, 0) is 10.0 Å². The van der Waals surface area contributed by atoms with Crippen molar-refractivity contribution in [3.63, 3.8) is 0 Å². The molecule has 90 valence electrons. The van der Waals surface area contributed by atoms with E-state index in [1.54, 1.807) is 6.07 Å². The van der Waals surface area contributed by atoms with Gasteiger partial charge in [-0.2, -0.15) is 0 Å². The van der Waals surface area contributed by atoms with Gasteiger partial charge in [0, 0.05) is 0 Å². The van der Waals surface area contributed by atoms with E-state index in [1.165, 1.54) is 25.2 Å². The number of para-hydroxylation sites is 1. The highest BCUT2D eigenvalue weighted by atomic mass is 32.2. The third-order valence-electron chi connectivity index (χ3n) is 1.89. The van der Waals surface area contributed by atoms with E-state index in [0.29, 0.717) is 0 Å². The summed E-state index contributed by atoms with van der Waals surface area (Å²) >= 11 is 0. The first kappa shape index (κ1) is 12.9. The van der Waals surface area contributed by atoms with Gasteiger partial charge in [0.15, 0.2) is 0 Å². The van der Waals surface area contributed by atoms with Crippen LogP contribution in [0, 0.1) is 0 Å². The minimum Gasteiger partial charge on any atom is -0.378 e. The molecule has 0 unspecified atom stereocenters. The summed E-state index contributed by atoms with van der Waals surface area (Å²) in [5, 5.41) is 2.38. The number of rotatable bonds is 5. The number of halogens is 2. The highest BCUT2D eigenvalue weighted by Gasteiger charge is 2.16. The molecule has 0 atom stereocenters. The molecule has 2 N–H and O–H groups in total. The Labute approximate surface area is 92.7 Å². The van der Waals surface area contributed by atoms with Crippen molar-refractivity contribution in [1.82, 2.24) is 4.72 Å². The minimum absolute atomic E-state index is 0.0434. The molecule has 0 fully saturated rings. The number of benzene rings is 1. The minimum atomic E-state index is -3.63. The molecule has 0 aromatic heterocycles. The Balaban J connectivity index is 3.01. The maximum atomic E-state index is 12.0. The lowest BCUT2D eigenvalue weighted by molar-refractivity contribution is 0.163. The van der Waals surface area contributed by atoms with Crippen LogP contribution in [0.2, 0.25) is 0 Å². The molecule has 0 aliphatic carbocycles. The number of sulfonamides is 1. The van der Waals surface area contributed by atoms with E-state index in [-0.39, 0.29) is 10.6 Å². The van der Waals surface area contributed by atoms with Crippen molar-refractivity contribution in [3.05, 3.63) is 24.3 Å². The van der Waals surface area contributed by atoms with Gasteiger partial charge in [-0.25, -0.2) is 21.9 Å². The standard InChI is InChI=1S/C9H12F2N2O2S/c1-12-16(14,15)8-5-3-2-4-7(8)13-6-9(10)11/h2-5,9,12-13H,6H2,1H3. The van der Waals surface area contributed by atoms with Gasteiger partial charge in [-0.3, -0.25) is 0 Å². The fraction of sp³-hybridized carbons (Fsp3) is 0.333. The topological polar surface area (TPSA) is 58.2 Å². The Bertz CT molecular complexity index is 449. The molecule has 0 saturated heterocycles. The van der Waals surface area contributed by atoms with E-state index < -0.39 is 23.0 Å². The van der Waals surface area contributed by atoms with E-state index in [0.717, 1.165) is 0 Å². The van der Waals surface area contributed by atoms with Gasteiger partial charge in [0.1, 0.15) is 4.90 Å². The number of hydrogen-bond acceptors (Lipinski definition) is 3. The summed E-state index contributed by atoms with van der Waals surface area (Å²) in [4.78, 5) is -0.0434. The molecule has 16 heavy (non-hydrogen) atoms. The lowest BCUT2D eigenvalue weighted by Gasteiger charge is -2.11. The number of hydrogen-bond donors (Lipinski definition) is 2. The van der Waals surface area contributed by atoms with E-state index in [4.69, 9.17) is 0 Å². The van der Waals surface area contributed by atoms with E-state index >= 15 is 0 Å². The van der Waals surface area contributed by atoms with Crippen LogP contribution in [-0.4, -0.2) is 28.4 Å². The van der Waals surface area contributed by atoms with Gasteiger partial charge in [0.05, 0.1) is 12.2 Å². The van der Waals surface area contributed by atoms with Crippen molar-refractivity contribution >= 4 is 15.7 Å². The number of nitrogens with one attached hydrogen (secondary N) is 2.